The molecule has 0 aromatic heterocycles. The van der Waals surface area contributed by atoms with Crippen molar-refractivity contribution in [3.05, 3.63) is 46.9 Å². The van der Waals surface area contributed by atoms with Crippen LogP contribution in [0, 0.1) is 11.2 Å². The van der Waals surface area contributed by atoms with E-state index < -0.39 is 6.04 Å². The topological polar surface area (TPSA) is 49.7 Å². The molecule has 25 heavy (non-hydrogen) atoms. The van der Waals surface area contributed by atoms with E-state index in [0.717, 1.165) is 11.3 Å². The Balaban J connectivity index is 1.89. The van der Waals surface area contributed by atoms with Crippen molar-refractivity contribution in [2.75, 3.05) is 5.75 Å². The Morgan fingerprint density at radius 1 is 1.20 bits per heavy atom. The molecule has 0 spiro atoms. The van der Waals surface area contributed by atoms with Gasteiger partial charge in [0.2, 0.25) is 5.91 Å². The second-order valence-electron chi connectivity index (χ2n) is 7.51. The number of benzene rings is 1. The van der Waals surface area contributed by atoms with Crippen LogP contribution in [0.3, 0.4) is 0 Å². The summed E-state index contributed by atoms with van der Waals surface area (Å²) in [5.41, 5.74) is 2.00. The Hall–Kier alpha value is -1.95. The normalized spacial score (nSPS) is 25.5. The molecule has 130 valence electrons. The summed E-state index contributed by atoms with van der Waals surface area (Å²) >= 11 is 1.55. The number of amidine groups is 1. The number of nitrogens with zero attached hydrogens (tertiary/aromatic N) is 2. The van der Waals surface area contributed by atoms with Crippen LogP contribution in [0.5, 0.6) is 0 Å². The number of amides is 1. The molecule has 1 amide bonds. The fourth-order valence-corrected chi connectivity index (χ4v) is 4.76. The number of thioether (sulfide) groups is 1. The molecule has 4 rings (SSSR count). The minimum Gasteiger partial charge on any atom is -0.294 e. The van der Waals surface area contributed by atoms with E-state index >= 15 is 0 Å². The molecular formula is C19H19FN2O2S. The quantitative estimate of drug-likeness (QED) is 0.766. The maximum Gasteiger partial charge on any atom is 0.230 e. The molecule has 1 aromatic rings. The van der Waals surface area contributed by atoms with Gasteiger partial charge in [-0.25, -0.2) is 9.38 Å². The number of halogens is 1. The molecular weight excluding hydrogens is 339 g/mol. The van der Waals surface area contributed by atoms with Crippen LogP contribution in [-0.4, -0.2) is 27.5 Å². The van der Waals surface area contributed by atoms with E-state index in [4.69, 9.17) is 0 Å². The van der Waals surface area contributed by atoms with Crippen molar-refractivity contribution in [1.82, 2.24) is 4.90 Å². The summed E-state index contributed by atoms with van der Waals surface area (Å²) in [7, 11) is 0. The summed E-state index contributed by atoms with van der Waals surface area (Å²) in [6.45, 7) is 4.13. The maximum atomic E-state index is 13.4. The number of Topliss-reactive ketones (excluding diaryl/α,β-unsaturated/α-hetero) is 1. The van der Waals surface area contributed by atoms with E-state index in [0.29, 0.717) is 35.8 Å². The first-order valence-corrected chi connectivity index (χ1v) is 9.39. The van der Waals surface area contributed by atoms with Gasteiger partial charge in [-0.3, -0.25) is 14.5 Å². The first-order chi connectivity index (χ1) is 11.9. The van der Waals surface area contributed by atoms with Crippen molar-refractivity contribution < 1.29 is 14.0 Å². The zero-order valence-electron chi connectivity index (χ0n) is 14.2. The summed E-state index contributed by atoms with van der Waals surface area (Å²) in [6, 6.07) is 5.58. The molecule has 1 saturated heterocycles. The van der Waals surface area contributed by atoms with E-state index in [1.807, 2.05) is 0 Å². The zero-order valence-corrected chi connectivity index (χ0v) is 15.0. The molecule has 1 aliphatic carbocycles. The molecule has 0 unspecified atom stereocenters. The van der Waals surface area contributed by atoms with E-state index in [1.54, 1.807) is 28.8 Å². The SMILES string of the molecule is CC1(C)CC(=O)C2=C(C1)N=C1SCCC(=O)N1[C@H]2c1ccc(F)cc1. The highest BCUT2D eigenvalue weighted by molar-refractivity contribution is 8.14. The first kappa shape index (κ1) is 16.5. The highest BCUT2D eigenvalue weighted by Gasteiger charge is 2.45. The van der Waals surface area contributed by atoms with Gasteiger partial charge in [0.15, 0.2) is 11.0 Å². The Morgan fingerprint density at radius 2 is 1.92 bits per heavy atom. The lowest BCUT2D eigenvalue weighted by Crippen LogP contribution is -2.47. The van der Waals surface area contributed by atoms with Crippen molar-refractivity contribution in [3.8, 4) is 0 Å². The zero-order chi connectivity index (χ0) is 17.8. The van der Waals surface area contributed by atoms with Crippen LogP contribution in [0.2, 0.25) is 0 Å². The molecule has 0 saturated carbocycles. The fraction of sp³-hybridized carbons (Fsp3) is 0.421. The summed E-state index contributed by atoms with van der Waals surface area (Å²) in [5, 5.41) is 0.662. The van der Waals surface area contributed by atoms with Crippen molar-refractivity contribution in [2.45, 2.75) is 39.2 Å². The molecule has 6 heteroatoms. The lowest BCUT2D eigenvalue weighted by Gasteiger charge is -2.43. The lowest BCUT2D eigenvalue weighted by atomic mass is 9.73. The molecule has 0 radical (unpaired) electrons. The summed E-state index contributed by atoms with van der Waals surface area (Å²) in [6.07, 6.45) is 1.56. The molecule has 0 bridgehead atoms. The summed E-state index contributed by atoms with van der Waals surface area (Å²) < 4.78 is 13.4. The summed E-state index contributed by atoms with van der Waals surface area (Å²) in [4.78, 5) is 31.9. The van der Waals surface area contributed by atoms with Crippen LogP contribution >= 0.6 is 11.8 Å². The number of fused-ring (bicyclic) bond motifs is 1. The number of hydrogen-bond acceptors (Lipinski definition) is 4. The van der Waals surface area contributed by atoms with Crippen molar-refractivity contribution in [1.29, 1.82) is 0 Å². The Bertz CT molecular complexity index is 826. The second-order valence-corrected chi connectivity index (χ2v) is 8.57. The number of aliphatic imine (C=N–C) groups is 1. The average Bonchev–Trinajstić information content (AvgIpc) is 2.53. The van der Waals surface area contributed by atoms with E-state index in [1.165, 1.54) is 12.1 Å². The lowest BCUT2D eigenvalue weighted by molar-refractivity contribution is -0.128. The number of carbonyl (C=O) groups is 2. The van der Waals surface area contributed by atoms with Crippen LogP contribution in [0.4, 0.5) is 4.39 Å². The van der Waals surface area contributed by atoms with E-state index in [2.05, 4.69) is 18.8 Å². The van der Waals surface area contributed by atoms with E-state index in [-0.39, 0.29) is 22.9 Å². The van der Waals surface area contributed by atoms with Gasteiger partial charge in [-0.05, 0) is 29.5 Å². The third-order valence-electron chi connectivity index (χ3n) is 4.87. The number of allylic oxidation sites excluding steroid dienone is 1. The van der Waals surface area contributed by atoms with Crippen LogP contribution in [-0.2, 0) is 9.59 Å². The third kappa shape index (κ3) is 2.82. The predicted molar refractivity (Wildman–Crippen MR) is 95.5 cm³/mol. The third-order valence-corrected chi connectivity index (χ3v) is 5.82. The monoisotopic (exact) mass is 358 g/mol. The Morgan fingerprint density at radius 3 is 2.64 bits per heavy atom. The fourth-order valence-electron chi connectivity index (χ4n) is 3.78. The predicted octanol–water partition coefficient (Wildman–Crippen LogP) is 3.85. The second kappa shape index (κ2) is 5.80. The minimum absolute atomic E-state index is 0.0315. The van der Waals surface area contributed by atoms with Crippen LogP contribution in [0.1, 0.15) is 44.7 Å². The van der Waals surface area contributed by atoms with Crippen LogP contribution in [0.15, 0.2) is 40.5 Å². The van der Waals surface area contributed by atoms with Gasteiger partial charge in [0.25, 0.3) is 0 Å². The van der Waals surface area contributed by atoms with Crippen molar-refractivity contribution in [2.24, 2.45) is 10.4 Å². The maximum absolute atomic E-state index is 13.4. The van der Waals surface area contributed by atoms with Gasteiger partial charge in [0, 0.05) is 24.2 Å². The Kier molecular flexibility index (Phi) is 3.83. The van der Waals surface area contributed by atoms with Gasteiger partial charge in [-0.2, -0.15) is 0 Å². The molecule has 1 atom stereocenters. The van der Waals surface area contributed by atoms with Gasteiger partial charge in [0.05, 0.1) is 11.7 Å². The van der Waals surface area contributed by atoms with Crippen LogP contribution < -0.4 is 0 Å². The molecule has 0 N–H and O–H groups in total. The number of carbonyl (C=O) groups excluding carboxylic acids is 2. The standard InChI is InChI=1S/C19H19FN2O2S/c1-19(2)9-13-16(14(23)10-19)17(11-3-5-12(20)6-4-11)22-15(24)7-8-25-18(22)21-13/h3-6,17H,7-10H2,1-2H3/t17-/m0/s1. The van der Waals surface area contributed by atoms with Gasteiger partial charge in [0.1, 0.15) is 5.82 Å². The van der Waals surface area contributed by atoms with Gasteiger partial charge in [-0.1, -0.05) is 37.7 Å². The molecule has 1 aromatic carbocycles. The molecule has 1 fully saturated rings. The molecule has 2 heterocycles. The molecule has 3 aliphatic rings. The number of rotatable bonds is 1. The molecule has 4 nitrogen and oxygen atoms in total. The largest absolute Gasteiger partial charge is 0.294 e. The van der Waals surface area contributed by atoms with Gasteiger partial charge < -0.3 is 0 Å². The van der Waals surface area contributed by atoms with Crippen LogP contribution in [0.25, 0.3) is 0 Å². The highest BCUT2D eigenvalue weighted by Crippen LogP contribution is 2.47. The van der Waals surface area contributed by atoms with E-state index in [9.17, 15) is 14.0 Å². The van der Waals surface area contributed by atoms with Gasteiger partial charge in [-0.15, -0.1) is 0 Å². The van der Waals surface area contributed by atoms with Crippen molar-refractivity contribution >= 4 is 28.6 Å². The summed E-state index contributed by atoms with van der Waals surface area (Å²) in [5.74, 6) is 0.366. The first-order valence-electron chi connectivity index (χ1n) is 8.41. The number of ketones is 1. The van der Waals surface area contributed by atoms with Gasteiger partial charge >= 0.3 is 0 Å². The molecule has 2 aliphatic heterocycles. The number of hydrogen-bond donors (Lipinski definition) is 0. The van der Waals surface area contributed by atoms with Crippen molar-refractivity contribution in [3.63, 3.8) is 0 Å². The highest BCUT2D eigenvalue weighted by atomic mass is 32.2. The smallest absolute Gasteiger partial charge is 0.230 e. The Labute approximate surface area is 150 Å². The average molecular weight is 358 g/mol. The minimum atomic E-state index is -0.494.